The Morgan fingerprint density at radius 1 is 0.867 bits per heavy atom. The lowest BCUT2D eigenvalue weighted by atomic mass is 10.2. The lowest BCUT2D eigenvalue weighted by Gasteiger charge is -2.09. The van der Waals surface area contributed by atoms with Gasteiger partial charge >= 0.3 is 0 Å². The van der Waals surface area contributed by atoms with Crippen LogP contribution in [0.4, 0.5) is 10.1 Å². The third-order valence-corrected chi connectivity index (χ3v) is 4.38. The van der Waals surface area contributed by atoms with Crippen molar-refractivity contribution >= 4 is 11.6 Å². The second-order valence-electron chi connectivity index (χ2n) is 6.56. The van der Waals surface area contributed by atoms with Crippen molar-refractivity contribution in [2.24, 2.45) is 0 Å². The van der Waals surface area contributed by atoms with Gasteiger partial charge in [0.2, 0.25) is 0 Å². The molecule has 0 unspecified atom stereocenters. The van der Waals surface area contributed by atoms with E-state index in [4.69, 9.17) is 4.74 Å². The maximum atomic E-state index is 13.0. The van der Waals surface area contributed by atoms with E-state index in [0.29, 0.717) is 35.0 Å². The molecule has 0 aliphatic carbocycles. The molecule has 4 aromatic rings. The fraction of sp³-hybridized carbons (Fsp3) is 0.0417. The first-order valence-corrected chi connectivity index (χ1v) is 9.33. The lowest BCUT2D eigenvalue weighted by Crippen LogP contribution is -2.12. The van der Waals surface area contributed by atoms with Crippen LogP contribution in [-0.4, -0.2) is 15.9 Å². The Balaban J connectivity index is 1.35. The Bertz CT molecular complexity index is 1110. The largest absolute Gasteiger partial charge is 0.489 e. The van der Waals surface area contributed by atoms with Crippen molar-refractivity contribution in [2.45, 2.75) is 6.61 Å². The zero-order valence-electron chi connectivity index (χ0n) is 16.0. The highest BCUT2D eigenvalue weighted by Gasteiger charge is 2.09. The molecular formula is C24H18FN3O2. The van der Waals surface area contributed by atoms with Gasteiger partial charge < -0.3 is 10.1 Å². The Morgan fingerprint density at radius 3 is 2.20 bits per heavy atom. The van der Waals surface area contributed by atoms with Crippen LogP contribution >= 0.6 is 0 Å². The van der Waals surface area contributed by atoms with Gasteiger partial charge in [0.1, 0.15) is 18.2 Å². The van der Waals surface area contributed by atoms with Crippen LogP contribution in [0.5, 0.6) is 5.75 Å². The quantitative estimate of drug-likeness (QED) is 0.489. The van der Waals surface area contributed by atoms with E-state index in [9.17, 15) is 9.18 Å². The van der Waals surface area contributed by atoms with Crippen molar-refractivity contribution in [1.29, 1.82) is 0 Å². The van der Waals surface area contributed by atoms with Crippen LogP contribution in [0.3, 0.4) is 0 Å². The molecule has 0 spiro atoms. The summed E-state index contributed by atoms with van der Waals surface area (Å²) < 4.78 is 18.8. The van der Waals surface area contributed by atoms with Crippen LogP contribution in [0.1, 0.15) is 15.9 Å². The monoisotopic (exact) mass is 399 g/mol. The van der Waals surface area contributed by atoms with Gasteiger partial charge in [-0.25, -0.2) is 14.4 Å². The molecule has 1 amide bonds. The van der Waals surface area contributed by atoms with E-state index >= 15 is 0 Å². The van der Waals surface area contributed by atoms with Crippen molar-refractivity contribution in [1.82, 2.24) is 9.97 Å². The van der Waals surface area contributed by atoms with Crippen LogP contribution in [0.25, 0.3) is 11.4 Å². The molecule has 0 aliphatic rings. The van der Waals surface area contributed by atoms with Crippen LogP contribution in [0.15, 0.2) is 91.3 Å². The number of ether oxygens (including phenoxy) is 1. The molecule has 0 saturated heterocycles. The number of nitrogens with zero attached hydrogens (tertiary/aromatic N) is 2. The number of carbonyl (C=O) groups excluding carboxylic acids is 1. The standard InChI is InChI=1S/C24H18FN3O2/c25-20-8-6-18(7-9-20)23-26-14-19(15-27-23)24(29)28-21-10-12-22(13-11-21)30-16-17-4-2-1-3-5-17/h1-15H,16H2,(H,28,29). The summed E-state index contributed by atoms with van der Waals surface area (Å²) in [5, 5.41) is 2.80. The molecule has 1 N–H and O–H groups in total. The van der Waals surface area contributed by atoms with Gasteiger partial charge in [-0.3, -0.25) is 4.79 Å². The predicted molar refractivity (Wildman–Crippen MR) is 113 cm³/mol. The third-order valence-electron chi connectivity index (χ3n) is 4.38. The highest BCUT2D eigenvalue weighted by molar-refractivity contribution is 6.03. The number of carbonyl (C=O) groups is 1. The maximum Gasteiger partial charge on any atom is 0.258 e. The first-order chi connectivity index (χ1) is 14.7. The predicted octanol–water partition coefficient (Wildman–Crippen LogP) is 5.11. The number of hydrogen-bond acceptors (Lipinski definition) is 4. The summed E-state index contributed by atoms with van der Waals surface area (Å²) in [4.78, 5) is 20.8. The second kappa shape index (κ2) is 8.96. The van der Waals surface area contributed by atoms with Gasteiger partial charge in [0, 0.05) is 23.6 Å². The van der Waals surface area contributed by atoms with Crippen molar-refractivity contribution < 1.29 is 13.9 Å². The Morgan fingerprint density at radius 2 is 1.53 bits per heavy atom. The molecule has 5 nitrogen and oxygen atoms in total. The minimum absolute atomic E-state index is 0.321. The summed E-state index contributed by atoms with van der Waals surface area (Å²) in [6.07, 6.45) is 2.89. The number of halogens is 1. The van der Waals surface area contributed by atoms with Gasteiger partial charge in [-0.05, 0) is 54.1 Å². The molecule has 0 atom stereocenters. The lowest BCUT2D eigenvalue weighted by molar-refractivity contribution is 0.102. The SMILES string of the molecule is O=C(Nc1ccc(OCc2ccccc2)cc1)c1cnc(-c2ccc(F)cc2)nc1. The molecule has 0 saturated carbocycles. The van der Waals surface area contributed by atoms with E-state index in [1.54, 1.807) is 36.4 Å². The van der Waals surface area contributed by atoms with Gasteiger partial charge in [-0.15, -0.1) is 0 Å². The van der Waals surface area contributed by atoms with Crippen LogP contribution in [0.2, 0.25) is 0 Å². The molecular weight excluding hydrogens is 381 g/mol. The highest BCUT2D eigenvalue weighted by Crippen LogP contribution is 2.18. The van der Waals surface area contributed by atoms with E-state index in [-0.39, 0.29) is 11.7 Å². The van der Waals surface area contributed by atoms with Crippen LogP contribution in [-0.2, 0) is 6.61 Å². The molecule has 4 rings (SSSR count). The van der Waals surface area contributed by atoms with Crippen molar-refractivity contribution in [3.05, 3.63) is 108 Å². The number of aromatic nitrogens is 2. The molecule has 148 valence electrons. The molecule has 0 aliphatic heterocycles. The summed E-state index contributed by atoms with van der Waals surface area (Å²) in [5.74, 6) is 0.486. The molecule has 30 heavy (non-hydrogen) atoms. The van der Waals surface area contributed by atoms with E-state index in [1.807, 2.05) is 30.3 Å². The molecule has 1 heterocycles. The Labute approximate surface area is 173 Å². The summed E-state index contributed by atoms with van der Waals surface area (Å²) in [7, 11) is 0. The number of nitrogens with one attached hydrogen (secondary N) is 1. The van der Waals surface area contributed by atoms with Crippen LogP contribution in [0, 0.1) is 5.82 Å². The van der Waals surface area contributed by atoms with E-state index in [0.717, 1.165) is 5.56 Å². The smallest absolute Gasteiger partial charge is 0.258 e. The van der Waals surface area contributed by atoms with Gasteiger partial charge in [0.25, 0.3) is 5.91 Å². The average molecular weight is 399 g/mol. The van der Waals surface area contributed by atoms with E-state index in [2.05, 4.69) is 15.3 Å². The van der Waals surface area contributed by atoms with Crippen molar-refractivity contribution in [3.8, 4) is 17.1 Å². The fourth-order valence-corrected chi connectivity index (χ4v) is 2.77. The first kappa shape index (κ1) is 19.3. The topological polar surface area (TPSA) is 64.1 Å². The summed E-state index contributed by atoms with van der Waals surface area (Å²) in [5.41, 5.74) is 2.72. The van der Waals surface area contributed by atoms with Crippen LogP contribution < -0.4 is 10.1 Å². The molecule has 0 bridgehead atoms. The van der Waals surface area contributed by atoms with Gasteiger partial charge in [-0.2, -0.15) is 0 Å². The third kappa shape index (κ3) is 4.86. The highest BCUT2D eigenvalue weighted by atomic mass is 19.1. The van der Waals surface area contributed by atoms with Gasteiger partial charge in [0.15, 0.2) is 5.82 Å². The minimum atomic E-state index is -0.328. The zero-order chi connectivity index (χ0) is 20.8. The van der Waals surface area contributed by atoms with Gasteiger partial charge in [-0.1, -0.05) is 30.3 Å². The molecule has 6 heteroatoms. The number of anilines is 1. The zero-order valence-corrected chi connectivity index (χ0v) is 16.0. The summed E-state index contributed by atoms with van der Waals surface area (Å²) >= 11 is 0. The number of rotatable bonds is 6. The molecule has 0 fully saturated rings. The van der Waals surface area contributed by atoms with Gasteiger partial charge in [0.05, 0.1) is 5.56 Å². The van der Waals surface area contributed by atoms with E-state index < -0.39 is 0 Å². The van der Waals surface area contributed by atoms with Crippen molar-refractivity contribution in [2.75, 3.05) is 5.32 Å². The Hall–Kier alpha value is -4.06. The Kier molecular flexibility index (Phi) is 5.75. The molecule has 0 radical (unpaired) electrons. The second-order valence-corrected chi connectivity index (χ2v) is 6.56. The minimum Gasteiger partial charge on any atom is -0.489 e. The van der Waals surface area contributed by atoms with Crippen molar-refractivity contribution in [3.63, 3.8) is 0 Å². The first-order valence-electron chi connectivity index (χ1n) is 9.33. The average Bonchev–Trinajstić information content (AvgIpc) is 2.80. The summed E-state index contributed by atoms with van der Waals surface area (Å²) in [6, 6.07) is 22.9. The number of hydrogen-bond donors (Lipinski definition) is 1. The molecule has 1 aromatic heterocycles. The fourth-order valence-electron chi connectivity index (χ4n) is 2.77. The number of benzene rings is 3. The summed E-state index contributed by atoms with van der Waals surface area (Å²) in [6.45, 7) is 0.476. The molecule has 3 aromatic carbocycles. The maximum absolute atomic E-state index is 13.0. The normalized spacial score (nSPS) is 10.4. The van der Waals surface area contributed by atoms with E-state index in [1.165, 1.54) is 24.5 Å². The number of amides is 1.